The summed E-state index contributed by atoms with van der Waals surface area (Å²) >= 11 is 13.6. The van der Waals surface area contributed by atoms with Crippen LogP contribution in [0.25, 0.3) is 10.8 Å². The lowest BCUT2D eigenvalue weighted by Crippen LogP contribution is -2.34. The summed E-state index contributed by atoms with van der Waals surface area (Å²) in [5.41, 5.74) is 7.44. The molecule has 17 heteroatoms. The van der Waals surface area contributed by atoms with Crippen molar-refractivity contribution in [3.05, 3.63) is 171 Å². The number of nitrogens with zero attached hydrogens (tertiary/aromatic N) is 2. The number of fused-ring (bicyclic) bond motifs is 1. The van der Waals surface area contributed by atoms with E-state index in [4.69, 9.17) is 52.9 Å². The van der Waals surface area contributed by atoms with E-state index in [1.54, 1.807) is 97.1 Å². The average molecular weight is 1220 g/mol. The van der Waals surface area contributed by atoms with Gasteiger partial charge in [-0.2, -0.15) is 0 Å². The third-order valence-corrected chi connectivity index (χ3v) is 15.6. The van der Waals surface area contributed by atoms with Gasteiger partial charge >= 0.3 is 6.09 Å². The molecule has 0 aromatic heterocycles. The predicted octanol–water partition coefficient (Wildman–Crippen LogP) is 17.0. The van der Waals surface area contributed by atoms with Crippen LogP contribution < -0.4 is 40.2 Å². The second kappa shape index (κ2) is 34.9. The Morgan fingerprint density at radius 3 is 1.55 bits per heavy atom. The van der Waals surface area contributed by atoms with Gasteiger partial charge in [0.05, 0.1) is 57.3 Å². The summed E-state index contributed by atoms with van der Waals surface area (Å²) in [7, 11) is 1.52. The van der Waals surface area contributed by atoms with E-state index in [0.717, 1.165) is 25.7 Å². The average Bonchev–Trinajstić information content (AvgIpc) is 1.25. The van der Waals surface area contributed by atoms with Crippen molar-refractivity contribution in [2.45, 2.75) is 149 Å². The van der Waals surface area contributed by atoms with Gasteiger partial charge in [-0.3, -0.25) is 24.1 Å². The molecule has 15 nitrogen and oxygen atoms in total. The zero-order valence-corrected chi connectivity index (χ0v) is 51.7. The summed E-state index contributed by atoms with van der Waals surface area (Å²) in [6.45, 7) is 5.63. The molecule has 0 saturated heterocycles. The maximum absolute atomic E-state index is 13.8. The normalized spacial score (nSPS) is 12.6. The van der Waals surface area contributed by atoms with Crippen LogP contribution in [0.2, 0.25) is 10.0 Å². The van der Waals surface area contributed by atoms with Crippen LogP contribution in [0.15, 0.2) is 144 Å². The number of rotatable bonds is 35. The minimum absolute atomic E-state index is 0.0165. The molecule has 0 atom stereocenters. The first-order valence-corrected chi connectivity index (χ1v) is 31.3. The molecule has 1 aliphatic rings. The molecule has 4 amide bonds. The number of hydrogen-bond acceptors (Lipinski definition) is 11. The molecule has 0 heterocycles. The Hall–Kier alpha value is -8.14. The Labute approximate surface area is 521 Å². The summed E-state index contributed by atoms with van der Waals surface area (Å²) < 4.78 is 23.7. The van der Waals surface area contributed by atoms with Crippen LogP contribution in [0.5, 0.6) is 28.7 Å². The minimum atomic E-state index is -0.781. The van der Waals surface area contributed by atoms with Crippen molar-refractivity contribution in [3.8, 4) is 28.7 Å². The number of ether oxygens (including phenoxy) is 4. The lowest BCUT2D eigenvalue weighted by atomic mass is 10.0. The first-order chi connectivity index (χ1) is 42.2. The van der Waals surface area contributed by atoms with E-state index in [9.17, 15) is 29.1 Å². The Kier molecular flexibility index (Phi) is 26.6. The second-order valence-electron chi connectivity index (χ2n) is 21.8. The minimum Gasteiger partial charge on any atom is -0.506 e. The molecule has 5 N–H and O–H groups in total. The van der Waals surface area contributed by atoms with E-state index in [0.29, 0.717) is 57.9 Å². The van der Waals surface area contributed by atoms with Crippen molar-refractivity contribution in [2.75, 3.05) is 25.2 Å². The fraction of sp³-hybridized carbons (Fsp3) is 0.371. The van der Waals surface area contributed by atoms with Crippen molar-refractivity contribution < 1.29 is 48.0 Å². The Morgan fingerprint density at radius 1 is 0.563 bits per heavy atom. The number of hydrogen-bond donors (Lipinski definition) is 4. The maximum atomic E-state index is 13.8. The molecule has 0 fully saturated rings. The Morgan fingerprint density at radius 2 is 1.05 bits per heavy atom. The standard InChI is InChI=1S/C70H81Cl2N5O10/c1-4-6-8-10-12-14-16-18-20-22-41-84-52-35-29-49(30-36-52)68(81)75-61-46-64(78)62(76-69(82)50-31-37-53(38-32-50)85-42-23-21-19-17-15-13-11-9-7-5-2)45-60(61)74-51-43-58(71)66(59(72)44-51)86-47-48-27-33-54(34-28-48)87-70(83)77(3)63-26-24-25-56-55(63)39-40-57(65(56)79)67(73)80/h24-40,43-46,79H,4-23,41-42,47H2,1-3H3,(H2,73,80)(H,75,81)(H,76,82). The van der Waals surface area contributed by atoms with Gasteiger partial charge < -0.3 is 40.4 Å². The molecule has 0 spiro atoms. The van der Waals surface area contributed by atoms with Gasteiger partial charge in [-0.05, 0) is 109 Å². The molecular weight excluding hydrogens is 1140 g/mol. The number of carbonyl (C=O) groups is 5. The molecule has 0 unspecified atom stereocenters. The van der Waals surface area contributed by atoms with Gasteiger partial charge in [-0.25, -0.2) is 9.79 Å². The predicted molar refractivity (Wildman–Crippen MR) is 347 cm³/mol. The van der Waals surface area contributed by atoms with E-state index >= 15 is 0 Å². The SMILES string of the molecule is CCCCCCCCCCCCOc1ccc(C(=O)NC2=CC(=Nc3cc(Cl)c(OCc4ccc(OC(=O)N(C)c5cccc6c(O)c(C(N)=O)ccc56)cc4)c(Cl)c3)C(NC(=O)c3ccc(OCCCCCCCCCCCC)cc3)=CC2=O)cc1. The van der Waals surface area contributed by atoms with Crippen molar-refractivity contribution in [1.29, 1.82) is 0 Å². The van der Waals surface area contributed by atoms with Crippen LogP contribution in [-0.4, -0.2) is 60.7 Å². The van der Waals surface area contributed by atoms with E-state index < -0.39 is 29.6 Å². The fourth-order valence-electron chi connectivity index (χ4n) is 9.99. The lowest BCUT2D eigenvalue weighted by Gasteiger charge is -2.19. The molecule has 0 saturated carbocycles. The number of anilines is 1. The number of halogens is 2. The topological polar surface area (TPSA) is 208 Å². The number of primary amides is 1. The Bertz CT molecular complexity index is 3360. The third-order valence-electron chi connectivity index (χ3n) is 15.0. The molecule has 6 aromatic carbocycles. The number of aromatic hydroxyl groups is 1. The molecule has 1 aliphatic carbocycles. The van der Waals surface area contributed by atoms with Gasteiger partial charge in [0.1, 0.15) is 29.6 Å². The van der Waals surface area contributed by atoms with Gasteiger partial charge in [0.2, 0.25) is 5.78 Å². The second-order valence-corrected chi connectivity index (χ2v) is 22.6. The summed E-state index contributed by atoms with van der Waals surface area (Å²) in [5.74, 6) is -1.02. The number of unbranched alkanes of at least 4 members (excludes halogenated alkanes) is 18. The van der Waals surface area contributed by atoms with Gasteiger partial charge in [0, 0.05) is 35.0 Å². The highest BCUT2D eigenvalue weighted by Crippen LogP contribution is 2.39. The van der Waals surface area contributed by atoms with Crippen LogP contribution >= 0.6 is 23.2 Å². The van der Waals surface area contributed by atoms with E-state index in [2.05, 4.69) is 24.5 Å². The number of carbonyl (C=O) groups excluding carboxylic acids is 5. The van der Waals surface area contributed by atoms with Crippen molar-refractivity contribution >= 4 is 80.7 Å². The van der Waals surface area contributed by atoms with Gasteiger partial charge in [0.25, 0.3) is 17.7 Å². The van der Waals surface area contributed by atoms with Crippen LogP contribution in [0.1, 0.15) is 179 Å². The fourth-order valence-corrected chi connectivity index (χ4v) is 10.6. The summed E-state index contributed by atoms with van der Waals surface area (Å²) in [6.07, 6.45) is 26.4. The quantitative estimate of drug-likeness (QED) is 0.0219. The zero-order valence-electron chi connectivity index (χ0n) is 50.2. The molecule has 7 rings (SSSR count). The summed E-state index contributed by atoms with van der Waals surface area (Å²) in [6, 6.07) is 31.0. The number of benzene rings is 6. The first kappa shape index (κ1) is 66.4. The van der Waals surface area contributed by atoms with Gasteiger partial charge in [-0.15, -0.1) is 0 Å². The first-order valence-electron chi connectivity index (χ1n) is 30.6. The number of nitrogens with one attached hydrogen (secondary N) is 2. The highest BCUT2D eigenvalue weighted by Gasteiger charge is 2.25. The Balaban J connectivity index is 0.984. The number of nitrogens with two attached hydrogens (primary N) is 1. The van der Waals surface area contributed by atoms with E-state index in [-0.39, 0.29) is 62.3 Å². The lowest BCUT2D eigenvalue weighted by molar-refractivity contribution is -0.111. The van der Waals surface area contributed by atoms with E-state index in [1.807, 2.05) is 0 Å². The molecular formula is C70H81Cl2N5O10. The maximum Gasteiger partial charge on any atom is 0.419 e. The van der Waals surface area contributed by atoms with Crippen molar-refractivity contribution in [1.82, 2.24) is 10.6 Å². The van der Waals surface area contributed by atoms with Crippen molar-refractivity contribution in [3.63, 3.8) is 0 Å². The molecule has 0 radical (unpaired) electrons. The molecule has 6 aromatic rings. The number of phenols is 1. The zero-order chi connectivity index (χ0) is 61.9. The molecule has 460 valence electrons. The monoisotopic (exact) mass is 1220 g/mol. The highest BCUT2D eigenvalue weighted by atomic mass is 35.5. The third kappa shape index (κ3) is 20.5. The molecule has 0 bridgehead atoms. The van der Waals surface area contributed by atoms with Crippen molar-refractivity contribution in [2.24, 2.45) is 10.7 Å². The molecule has 0 aliphatic heterocycles. The van der Waals surface area contributed by atoms with E-state index in [1.165, 1.54) is 145 Å². The summed E-state index contributed by atoms with van der Waals surface area (Å²) in [4.78, 5) is 72.4. The number of ketones is 1. The highest BCUT2D eigenvalue weighted by molar-refractivity contribution is 6.37. The molecule has 87 heavy (non-hydrogen) atoms. The largest absolute Gasteiger partial charge is 0.506 e. The van der Waals surface area contributed by atoms with Crippen LogP contribution in [0.3, 0.4) is 0 Å². The van der Waals surface area contributed by atoms with Gasteiger partial charge in [-0.1, -0.05) is 183 Å². The van der Waals surface area contributed by atoms with Crippen LogP contribution in [0.4, 0.5) is 16.2 Å². The smallest absolute Gasteiger partial charge is 0.419 e. The number of aliphatic imine (C=N–C) groups is 1. The van der Waals surface area contributed by atoms with Gasteiger partial charge in [0.15, 0.2) is 5.75 Å². The van der Waals surface area contributed by atoms with Crippen LogP contribution in [0, 0.1) is 0 Å². The number of allylic oxidation sites excluding steroid dienone is 2. The number of amides is 4. The van der Waals surface area contributed by atoms with Crippen LogP contribution in [-0.2, 0) is 11.4 Å². The summed E-state index contributed by atoms with van der Waals surface area (Å²) in [5, 5.41) is 17.3.